The van der Waals surface area contributed by atoms with E-state index < -0.39 is 5.97 Å². The minimum absolute atomic E-state index is 0.0455. The zero-order chi connectivity index (χ0) is 24.3. The van der Waals surface area contributed by atoms with Gasteiger partial charge >= 0.3 is 5.97 Å². The van der Waals surface area contributed by atoms with Crippen molar-refractivity contribution in [3.8, 4) is 0 Å². The fourth-order valence-electron chi connectivity index (χ4n) is 3.59. The Kier molecular flexibility index (Phi) is 15.6. The summed E-state index contributed by atoms with van der Waals surface area (Å²) in [6.07, 6.45) is 10.9. The summed E-state index contributed by atoms with van der Waals surface area (Å²) in [6.45, 7) is 1.93. The fraction of sp³-hybridized carbons (Fsp3) is 0.640. The number of carboxylic acid groups (broad SMARTS) is 1. The molecule has 0 aromatic heterocycles. The van der Waals surface area contributed by atoms with E-state index >= 15 is 0 Å². The third-order valence-corrected chi connectivity index (χ3v) is 5.49. The molecule has 0 aliphatic carbocycles. The quantitative estimate of drug-likeness (QED) is 0.199. The number of carbonyl (C=O) groups excluding carboxylic acids is 2. The standard InChI is InChI=1S/C25H42N4O4/c26-13-9-5-1-3-7-11-23(30)28-18-20-15-21(17-22(16-20)25(32)33)19-29-24(31)12-8-4-2-6-10-14-27/h15-17H,1-14,18-19,26-27H2,(H,28,30)(H,29,31)(H,32,33). The number of unbranched alkanes of at least 4 members (excludes halogenated alkanes) is 8. The predicted molar refractivity (Wildman–Crippen MR) is 131 cm³/mol. The Hall–Kier alpha value is -2.45. The van der Waals surface area contributed by atoms with Crippen LogP contribution >= 0.6 is 0 Å². The number of nitrogens with two attached hydrogens (primary N) is 2. The van der Waals surface area contributed by atoms with Gasteiger partial charge in [0.15, 0.2) is 0 Å². The van der Waals surface area contributed by atoms with Gasteiger partial charge in [0.1, 0.15) is 0 Å². The maximum Gasteiger partial charge on any atom is 0.335 e. The van der Waals surface area contributed by atoms with E-state index in [1.807, 2.05) is 6.07 Å². The molecule has 1 rings (SSSR count). The van der Waals surface area contributed by atoms with Crippen molar-refractivity contribution >= 4 is 17.8 Å². The van der Waals surface area contributed by atoms with Crippen molar-refractivity contribution in [3.63, 3.8) is 0 Å². The van der Waals surface area contributed by atoms with Crippen LogP contribution in [0.15, 0.2) is 18.2 Å². The fourth-order valence-corrected chi connectivity index (χ4v) is 3.59. The van der Waals surface area contributed by atoms with Gasteiger partial charge in [-0.25, -0.2) is 4.79 Å². The Morgan fingerprint density at radius 2 is 1.03 bits per heavy atom. The highest BCUT2D eigenvalue weighted by molar-refractivity contribution is 5.88. The van der Waals surface area contributed by atoms with Crippen LogP contribution in [0, 0.1) is 0 Å². The number of hydrogen-bond acceptors (Lipinski definition) is 5. The molecule has 0 radical (unpaired) electrons. The number of nitrogens with one attached hydrogen (secondary N) is 2. The van der Waals surface area contributed by atoms with Crippen LogP contribution < -0.4 is 22.1 Å². The molecule has 0 aliphatic rings. The van der Waals surface area contributed by atoms with Crippen molar-refractivity contribution in [1.29, 1.82) is 0 Å². The molecule has 33 heavy (non-hydrogen) atoms. The molecule has 186 valence electrons. The normalized spacial score (nSPS) is 10.7. The second kappa shape index (κ2) is 18.0. The van der Waals surface area contributed by atoms with Crippen LogP contribution in [-0.4, -0.2) is 36.0 Å². The average molecular weight is 463 g/mol. The highest BCUT2D eigenvalue weighted by Gasteiger charge is 2.10. The summed E-state index contributed by atoms with van der Waals surface area (Å²) in [7, 11) is 0. The second-order valence-electron chi connectivity index (χ2n) is 8.51. The van der Waals surface area contributed by atoms with Gasteiger partial charge in [-0.2, -0.15) is 0 Å². The number of hydrogen-bond donors (Lipinski definition) is 5. The minimum atomic E-state index is -1.04. The minimum Gasteiger partial charge on any atom is -0.478 e. The summed E-state index contributed by atoms with van der Waals surface area (Å²) < 4.78 is 0. The number of carbonyl (C=O) groups is 3. The smallest absolute Gasteiger partial charge is 0.335 e. The third kappa shape index (κ3) is 14.3. The first kappa shape index (κ1) is 28.6. The first-order valence-corrected chi connectivity index (χ1v) is 12.3. The number of carboxylic acids is 1. The van der Waals surface area contributed by atoms with E-state index in [1.165, 1.54) is 0 Å². The van der Waals surface area contributed by atoms with Gasteiger partial charge in [-0.3, -0.25) is 9.59 Å². The van der Waals surface area contributed by atoms with Crippen molar-refractivity contribution in [2.75, 3.05) is 13.1 Å². The molecule has 0 bridgehead atoms. The molecular weight excluding hydrogens is 420 g/mol. The summed E-state index contributed by atoms with van der Waals surface area (Å²) in [4.78, 5) is 35.7. The molecule has 8 heteroatoms. The van der Waals surface area contributed by atoms with Crippen molar-refractivity contribution in [3.05, 3.63) is 34.9 Å². The summed E-state index contributed by atoms with van der Waals surface area (Å²) >= 11 is 0. The summed E-state index contributed by atoms with van der Waals surface area (Å²) in [5.74, 6) is -1.13. The summed E-state index contributed by atoms with van der Waals surface area (Å²) in [5.41, 5.74) is 12.5. The Labute approximate surface area is 197 Å². The molecule has 2 amide bonds. The highest BCUT2D eigenvalue weighted by atomic mass is 16.4. The van der Waals surface area contributed by atoms with Gasteiger partial charge < -0.3 is 27.2 Å². The molecule has 0 saturated carbocycles. The Morgan fingerprint density at radius 1 is 0.636 bits per heavy atom. The van der Waals surface area contributed by atoms with E-state index in [1.54, 1.807) is 12.1 Å². The largest absolute Gasteiger partial charge is 0.478 e. The molecular formula is C25H42N4O4. The van der Waals surface area contributed by atoms with Gasteiger partial charge in [0, 0.05) is 25.9 Å². The number of amides is 2. The predicted octanol–water partition coefficient (Wildman–Crippen LogP) is 3.22. The lowest BCUT2D eigenvalue weighted by molar-refractivity contribution is -0.122. The molecule has 0 saturated heterocycles. The number of benzene rings is 1. The van der Waals surface area contributed by atoms with Crippen LogP contribution in [-0.2, 0) is 22.7 Å². The van der Waals surface area contributed by atoms with Crippen LogP contribution in [0.3, 0.4) is 0 Å². The zero-order valence-corrected chi connectivity index (χ0v) is 19.9. The van der Waals surface area contributed by atoms with Crippen molar-refractivity contribution in [2.24, 2.45) is 11.5 Å². The van der Waals surface area contributed by atoms with Crippen LogP contribution in [0.4, 0.5) is 0 Å². The monoisotopic (exact) mass is 462 g/mol. The lowest BCUT2D eigenvalue weighted by atomic mass is 10.0. The Morgan fingerprint density at radius 3 is 1.42 bits per heavy atom. The molecule has 8 nitrogen and oxygen atoms in total. The van der Waals surface area contributed by atoms with E-state index in [-0.39, 0.29) is 30.5 Å². The molecule has 0 spiro atoms. The van der Waals surface area contributed by atoms with Gasteiger partial charge in [0.05, 0.1) is 5.56 Å². The lowest BCUT2D eigenvalue weighted by Gasteiger charge is -2.11. The van der Waals surface area contributed by atoms with Crippen LogP contribution in [0.1, 0.15) is 98.5 Å². The van der Waals surface area contributed by atoms with Crippen molar-refractivity contribution in [2.45, 2.75) is 90.1 Å². The third-order valence-electron chi connectivity index (χ3n) is 5.49. The maximum atomic E-state index is 12.1. The maximum absolute atomic E-state index is 12.1. The van der Waals surface area contributed by atoms with Gasteiger partial charge in [0.25, 0.3) is 0 Å². The highest BCUT2D eigenvalue weighted by Crippen LogP contribution is 2.12. The molecule has 1 aromatic carbocycles. The molecule has 0 fully saturated rings. The van der Waals surface area contributed by atoms with Gasteiger partial charge in [-0.05, 0) is 62.0 Å². The van der Waals surface area contributed by atoms with Crippen LogP contribution in [0.5, 0.6) is 0 Å². The molecule has 0 aliphatic heterocycles. The summed E-state index contributed by atoms with van der Waals surface area (Å²) in [6, 6.07) is 4.94. The zero-order valence-electron chi connectivity index (χ0n) is 19.9. The molecule has 0 unspecified atom stereocenters. The number of rotatable bonds is 19. The Balaban J connectivity index is 2.44. The first-order valence-electron chi connectivity index (χ1n) is 12.3. The van der Waals surface area contributed by atoms with Gasteiger partial charge in [-0.15, -0.1) is 0 Å². The molecule has 0 atom stereocenters. The lowest BCUT2D eigenvalue weighted by Crippen LogP contribution is -2.24. The van der Waals surface area contributed by atoms with Gasteiger partial charge in [-0.1, -0.05) is 44.6 Å². The molecule has 0 heterocycles. The van der Waals surface area contributed by atoms with Crippen molar-refractivity contribution < 1.29 is 19.5 Å². The van der Waals surface area contributed by atoms with E-state index in [4.69, 9.17) is 11.5 Å². The second-order valence-corrected chi connectivity index (χ2v) is 8.51. The van der Waals surface area contributed by atoms with E-state index in [0.29, 0.717) is 37.1 Å². The van der Waals surface area contributed by atoms with E-state index in [2.05, 4.69) is 10.6 Å². The van der Waals surface area contributed by atoms with E-state index in [0.717, 1.165) is 64.2 Å². The topological polar surface area (TPSA) is 148 Å². The SMILES string of the molecule is NCCCCCCCC(=O)NCc1cc(CNC(=O)CCCCCCCN)cc(C(=O)O)c1. The first-order chi connectivity index (χ1) is 16.0. The van der Waals surface area contributed by atoms with E-state index in [9.17, 15) is 19.5 Å². The summed E-state index contributed by atoms with van der Waals surface area (Å²) in [5, 5.41) is 15.1. The van der Waals surface area contributed by atoms with Crippen LogP contribution in [0.2, 0.25) is 0 Å². The number of aromatic carboxylic acids is 1. The van der Waals surface area contributed by atoms with Gasteiger partial charge in [0.2, 0.25) is 11.8 Å². The molecule has 7 N–H and O–H groups in total. The average Bonchev–Trinajstić information content (AvgIpc) is 2.80. The molecule has 1 aromatic rings. The van der Waals surface area contributed by atoms with Crippen molar-refractivity contribution in [1.82, 2.24) is 10.6 Å². The van der Waals surface area contributed by atoms with Crippen LogP contribution in [0.25, 0.3) is 0 Å². The Bertz CT molecular complexity index is 674.